The van der Waals surface area contributed by atoms with E-state index in [-0.39, 0.29) is 18.6 Å². The molecule has 0 aliphatic heterocycles. The third-order valence-electron chi connectivity index (χ3n) is 2.96. The molecule has 0 radical (unpaired) electrons. The summed E-state index contributed by atoms with van der Waals surface area (Å²) in [5.41, 5.74) is 1.99. The van der Waals surface area contributed by atoms with Gasteiger partial charge in [-0.05, 0) is 25.1 Å². The largest absolute Gasteiger partial charge is 0.394 e. The summed E-state index contributed by atoms with van der Waals surface area (Å²) in [4.78, 5) is 22.0. The lowest BCUT2D eigenvalue weighted by atomic mass is 10.1. The summed E-state index contributed by atoms with van der Waals surface area (Å²) in [6, 6.07) is 4.99. The topological polar surface area (TPSA) is 66.3 Å². The van der Waals surface area contributed by atoms with Gasteiger partial charge in [0.2, 0.25) is 0 Å². The van der Waals surface area contributed by atoms with Crippen LogP contribution < -0.4 is 0 Å². The molecule has 1 unspecified atom stereocenters. The fourth-order valence-electron chi connectivity index (χ4n) is 1.62. The molecule has 94 valence electrons. The second-order valence-corrected chi connectivity index (χ2v) is 4.21. The number of nitrogens with zero attached hydrogens (tertiary/aromatic N) is 3. The van der Waals surface area contributed by atoms with Gasteiger partial charge < -0.3 is 10.0 Å². The van der Waals surface area contributed by atoms with Crippen molar-refractivity contribution in [3.63, 3.8) is 0 Å². The number of fused-ring (bicyclic) bond motifs is 1. The number of aliphatic hydroxyl groups is 1. The fraction of sp³-hybridized carbons (Fsp3) is 0.308. The molecule has 1 aromatic carbocycles. The first-order valence-corrected chi connectivity index (χ1v) is 5.72. The quantitative estimate of drug-likeness (QED) is 0.878. The predicted octanol–water partition coefficient (Wildman–Crippen LogP) is 1.08. The van der Waals surface area contributed by atoms with Gasteiger partial charge in [0.05, 0.1) is 23.7 Å². The molecule has 0 saturated heterocycles. The van der Waals surface area contributed by atoms with Gasteiger partial charge in [0.1, 0.15) is 0 Å². The smallest absolute Gasteiger partial charge is 0.253 e. The Balaban J connectivity index is 2.33. The van der Waals surface area contributed by atoms with Crippen molar-refractivity contribution in [2.75, 3.05) is 13.7 Å². The zero-order valence-corrected chi connectivity index (χ0v) is 10.4. The lowest BCUT2D eigenvalue weighted by Crippen LogP contribution is -2.37. The number of carbonyl (C=O) groups excluding carboxylic acids is 1. The highest BCUT2D eigenvalue weighted by molar-refractivity contribution is 5.97. The first kappa shape index (κ1) is 12.4. The number of aliphatic hydroxyl groups excluding tert-OH is 1. The Bertz CT molecular complexity index is 571. The molecule has 2 rings (SSSR count). The molecule has 5 heteroatoms. The van der Waals surface area contributed by atoms with E-state index in [9.17, 15) is 4.79 Å². The Morgan fingerprint density at radius 3 is 2.67 bits per heavy atom. The number of hydrogen-bond donors (Lipinski definition) is 1. The van der Waals surface area contributed by atoms with Crippen LogP contribution in [0.4, 0.5) is 0 Å². The number of rotatable bonds is 3. The third kappa shape index (κ3) is 2.31. The van der Waals surface area contributed by atoms with Gasteiger partial charge in [0.25, 0.3) is 5.91 Å². The van der Waals surface area contributed by atoms with E-state index in [2.05, 4.69) is 9.97 Å². The number of aromatic nitrogens is 2. The molecular formula is C13H15N3O2. The average molecular weight is 245 g/mol. The fourth-order valence-corrected chi connectivity index (χ4v) is 1.62. The minimum Gasteiger partial charge on any atom is -0.394 e. The Morgan fingerprint density at radius 2 is 2.00 bits per heavy atom. The van der Waals surface area contributed by atoms with Crippen LogP contribution in [0.3, 0.4) is 0 Å². The average Bonchev–Trinajstić information content (AvgIpc) is 2.44. The Morgan fingerprint density at radius 1 is 1.33 bits per heavy atom. The molecule has 0 aliphatic carbocycles. The van der Waals surface area contributed by atoms with Gasteiger partial charge in [-0.15, -0.1) is 0 Å². The molecule has 0 fully saturated rings. The maximum atomic E-state index is 12.2. The minimum atomic E-state index is -0.213. The van der Waals surface area contributed by atoms with E-state index >= 15 is 0 Å². The molecule has 1 aromatic heterocycles. The zero-order chi connectivity index (χ0) is 13.1. The van der Waals surface area contributed by atoms with Crippen LogP contribution in [0.15, 0.2) is 30.6 Å². The predicted molar refractivity (Wildman–Crippen MR) is 68.2 cm³/mol. The molecule has 0 saturated carbocycles. The number of hydrogen-bond acceptors (Lipinski definition) is 4. The van der Waals surface area contributed by atoms with Crippen molar-refractivity contribution in [2.24, 2.45) is 0 Å². The Labute approximate surface area is 105 Å². The van der Waals surface area contributed by atoms with Gasteiger partial charge in [0, 0.05) is 25.0 Å². The monoisotopic (exact) mass is 245 g/mol. The van der Waals surface area contributed by atoms with Crippen molar-refractivity contribution in [1.82, 2.24) is 14.9 Å². The highest BCUT2D eigenvalue weighted by Gasteiger charge is 2.17. The molecule has 0 aliphatic rings. The lowest BCUT2D eigenvalue weighted by Gasteiger charge is -2.23. The molecule has 1 heterocycles. The molecule has 1 atom stereocenters. The van der Waals surface area contributed by atoms with Crippen LogP contribution in [0.2, 0.25) is 0 Å². The van der Waals surface area contributed by atoms with Crippen LogP contribution in [-0.2, 0) is 0 Å². The van der Waals surface area contributed by atoms with Crippen molar-refractivity contribution >= 4 is 16.9 Å². The normalized spacial score (nSPS) is 12.4. The molecule has 0 bridgehead atoms. The highest BCUT2D eigenvalue weighted by Crippen LogP contribution is 2.13. The summed E-state index contributed by atoms with van der Waals surface area (Å²) < 4.78 is 0. The lowest BCUT2D eigenvalue weighted by molar-refractivity contribution is 0.0682. The van der Waals surface area contributed by atoms with Gasteiger partial charge >= 0.3 is 0 Å². The highest BCUT2D eigenvalue weighted by atomic mass is 16.3. The van der Waals surface area contributed by atoms with E-state index in [1.807, 2.05) is 0 Å². The minimum absolute atomic E-state index is 0.0599. The molecular weight excluding hydrogens is 230 g/mol. The molecule has 5 nitrogen and oxygen atoms in total. The van der Waals surface area contributed by atoms with E-state index in [4.69, 9.17) is 5.11 Å². The van der Waals surface area contributed by atoms with Gasteiger partial charge in [-0.1, -0.05) is 0 Å². The number of amides is 1. The molecule has 0 spiro atoms. The van der Waals surface area contributed by atoms with Crippen molar-refractivity contribution in [3.05, 3.63) is 36.2 Å². The summed E-state index contributed by atoms with van der Waals surface area (Å²) in [6.45, 7) is 1.73. The second kappa shape index (κ2) is 5.10. The number of carbonyl (C=O) groups is 1. The van der Waals surface area contributed by atoms with Crippen LogP contribution in [0.25, 0.3) is 11.0 Å². The molecule has 1 N–H and O–H groups in total. The van der Waals surface area contributed by atoms with Crippen LogP contribution in [0.5, 0.6) is 0 Å². The first-order valence-electron chi connectivity index (χ1n) is 5.72. The van der Waals surface area contributed by atoms with Crippen molar-refractivity contribution in [1.29, 1.82) is 0 Å². The maximum absolute atomic E-state index is 12.2. The molecule has 1 amide bonds. The van der Waals surface area contributed by atoms with E-state index in [1.54, 1.807) is 44.6 Å². The number of benzene rings is 1. The van der Waals surface area contributed by atoms with E-state index < -0.39 is 0 Å². The summed E-state index contributed by atoms with van der Waals surface area (Å²) in [7, 11) is 1.67. The van der Waals surface area contributed by atoms with Gasteiger partial charge in [-0.2, -0.15) is 0 Å². The Kier molecular flexibility index (Phi) is 3.53. The third-order valence-corrected chi connectivity index (χ3v) is 2.96. The van der Waals surface area contributed by atoms with Gasteiger partial charge in [-0.25, -0.2) is 0 Å². The van der Waals surface area contributed by atoms with E-state index in [0.29, 0.717) is 11.1 Å². The van der Waals surface area contributed by atoms with Crippen LogP contribution >= 0.6 is 0 Å². The molecule has 18 heavy (non-hydrogen) atoms. The van der Waals surface area contributed by atoms with Crippen molar-refractivity contribution < 1.29 is 9.90 Å². The van der Waals surface area contributed by atoms with E-state index in [1.165, 1.54) is 4.90 Å². The van der Waals surface area contributed by atoms with Crippen molar-refractivity contribution in [2.45, 2.75) is 13.0 Å². The van der Waals surface area contributed by atoms with Gasteiger partial charge in [0.15, 0.2) is 0 Å². The van der Waals surface area contributed by atoms with Crippen LogP contribution in [-0.4, -0.2) is 45.6 Å². The first-order chi connectivity index (χ1) is 8.63. The Hall–Kier alpha value is -2.01. The van der Waals surface area contributed by atoms with Crippen molar-refractivity contribution in [3.8, 4) is 0 Å². The SMILES string of the molecule is CC(CO)N(C)C(=O)c1ccc2nccnc2c1. The van der Waals surface area contributed by atoms with Crippen LogP contribution in [0.1, 0.15) is 17.3 Å². The summed E-state index contributed by atoms with van der Waals surface area (Å²) >= 11 is 0. The maximum Gasteiger partial charge on any atom is 0.253 e. The summed E-state index contributed by atoms with van der Waals surface area (Å²) in [5, 5.41) is 9.06. The standard InChI is InChI=1S/C13H15N3O2/c1-9(8-17)16(2)13(18)10-3-4-11-12(7-10)15-6-5-14-11/h3-7,9,17H,8H2,1-2H3. The molecule has 2 aromatic rings. The number of likely N-dealkylation sites (N-methyl/N-ethyl adjacent to an activating group) is 1. The summed E-state index contributed by atoms with van der Waals surface area (Å²) in [5.74, 6) is -0.135. The van der Waals surface area contributed by atoms with Crippen LogP contribution in [0, 0.1) is 0 Å². The second-order valence-electron chi connectivity index (χ2n) is 4.21. The van der Waals surface area contributed by atoms with Gasteiger partial charge in [-0.3, -0.25) is 14.8 Å². The van der Waals surface area contributed by atoms with E-state index in [0.717, 1.165) is 5.52 Å². The zero-order valence-electron chi connectivity index (χ0n) is 10.4. The summed E-state index contributed by atoms with van der Waals surface area (Å²) in [6.07, 6.45) is 3.21.